The zero-order chi connectivity index (χ0) is 18.1. The van der Waals surface area contributed by atoms with Gasteiger partial charge in [-0.05, 0) is 31.6 Å². The Balaban J connectivity index is 1.26. The first kappa shape index (κ1) is 17.6. The van der Waals surface area contributed by atoms with Gasteiger partial charge in [0, 0.05) is 63.1 Å². The van der Waals surface area contributed by atoms with E-state index in [1.165, 1.54) is 12.8 Å². The number of anilines is 1. The van der Waals surface area contributed by atoms with Crippen LogP contribution in [0.5, 0.6) is 0 Å². The Bertz CT molecular complexity index is 647. The van der Waals surface area contributed by atoms with E-state index in [4.69, 9.17) is 0 Å². The van der Waals surface area contributed by atoms with Crippen molar-refractivity contribution in [2.24, 2.45) is 5.92 Å². The molecule has 1 saturated carbocycles. The highest BCUT2D eigenvalue weighted by molar-refractivity contribution is 5.76. The molecule has 0 atom stereocenters. The standard InChI is InChI=1S/C19H26F2N4O/c20-19(21)5-9-25(10-6-19)18(26)11-14-3-7-24(8-4-14)17-12-16(15-1-2-15)22-13-23-17/h12-15H,1-11H2. The molecule has 5 nitrogen and oxygen atoms in total. The number of amides is 1. The van der Waals surface area contributed by atoms with Crippen LogP contribution in [0.2, 0.25) is 0 Å². The maximum atomic E-state index is 13.2. The van der Waals surface area contributed by atoms with Crippen molar-refractivity contribution >= 4 is 11.7 Å². The fourth-order valence-electron chi connectivity index (χ4n) is 3.96. The number of likely N-dealkylation sites (tertiary alicyclic amines) is 1. The second-order valence-electron chi connectivity index (χ2n) is 7.95. The highest BCUT2D eigenvalue weighted by Crippen LogP contribution is 2.39. The highest BCUT2D eigenvalue weighted by atomic mass is 19.3. The summed E-state index contributed by atoms with van der Waals surface area (Å²) >= 11 is 0. The van der Waals surface area contributed by atoms with Gasteiger partial charge in [-0.1, -0.05) is 0 Å². The average molecular weight is 364 g/mol. The summed E-state index contributed by atoms with van der Waals surface area (Å²) in [4.78, 5) is 25.1. The van der Waals surface area contributed by atoms with Gasteiger partial charge in [-0.3, -0.25) is 4.79 Å². The third kappa shape index (κ3) is 4.13. The van der Waals surface area contributed by atoms with Crippen molar-refractivity contribution in [3.8, 4) is 0 Å². The molecule has 142 valence electrons. The lowest BCUT2D eigenvalue weighted by molar-refractivity contribution is -0.138. The molecule has 0 N–H and O–H groups in total. The highest BCUT2D eigenvalue weighted by Gasteiger charge is 2.36. The van der Waals surface area contributed by atoms with Gasteiger partial charge in [-0.2, -0.15) is 0 Å². The van der Waals surface area contributed by atoms with Crippen LogP contribution in [0.15, 0.2) is 12.4 Å². The second-order valence-corrected chi connectivity index (χ2v) is 7.95. The summed E-state index contributed by atoms with van der Waals surface area (Å²) < 4.78 is 26.5. The minimum absolute atomic E-state index is 0.0389. The zero-order valence-corrected chi connectivity index (χ0v) is 15.0. The van der Waals surface area contributed by atoms with Crippen molar-refractivity contribution in [2.45, 2.75) is 56.8 Å². The number of rotatable bonds is 4. The lowest BCUT2D eigenvalue weighted by Crippen LogP contribution is -2.44. The molecule has 0 unspecified atom stereocenters. The first-order valence-corrected chi connectivity index (χ1v) is 9.73. The van der Waals surface area contributed by atoms with Crippen LogP contribution in [0.3, 0.4) is 0 Å². The van der Waals surface area contributed by atoms with Crippen LogP contribution in [0.25, 0.3) is 0 Å². The quantitative estimate of drug-likeness (QED) is 0.823. The minimum atomic E-state index is -2.60. The summed E-state index contributed by atoms with van der Waals surface area (Å²) in [5, 5.41) is 0. The van der Waals surface area contributed by atoms with Gasteiger partial charge < -0.3 is 9.80 Å². The number of alkyl halides is 2. The van der Waals surface area contributed by atoms with Crippen LogP contribution in [-0.2, 0) is 4.79 Å². The van der Waals surface area contributed by atoms with Gasteiger partial charge in [0.15, 0.2) is 0 Å². The molecule has 3 heterocycles. The molecule has 3 fully saturated rings. The van der Waals surface area contributed by atoms with Crippen LogP contribution in [0.1, 0.15) is 56.6 Å². The predicted molar refractivity (Wildman–Crippen MR) is 94.3 cm³/mol. The van der Waals surface area contributed by atoms with Crippen LogP contribution in [0.4, 0.5) is 14.6 Å². The van der Waals surface area contributed by atoms with Gasteiger partial charge in [-0.25, -0.2) is 18.7 Å². The third-order valence-corrected chi connectivity index (χ3v) is 5.92. The van der Waals surface area contributed by atoms with Crippen LogP contribution in [-0.4, -0.2) is 52.9 Å². The molecule has 7 heteroatoms. The van der Waals surface area contributed by atoms with E-state index in [-0.39, 0.29) is 31.8 Å². The summed E-state index contributed by atoms with van der Waals surface area (Å²) in [7, 11) is 0. The number of nitrogens with zero attached hydrogens (tertiary/aromatic N) is 4. The van der Waals surface area contributed by atoms with E-state index in [1.807, 2.05) is 0 Å². The molecule has 0 bridgehead atoms. The molecule has 1 amide bonds. The van der Waals surface area contributed by atoms with Crippen molar-refractivity contribution in [2.75, 3.05) is 31.1 Å². The van der Waals surface area contributed by atoms with Crippen LogP contribution >= 0.6 is 0 Å². The fourth-order valence-corrected chi connectivity index (χ4v) is 3.96. The molecule has 3 aliphatic rings. The van der Waals surface area contributed by atoms with Gasteiger partial charge in [0.1, 0.15) is 12.1 Å². The maximum Gasteiger partial charge on any atom is 0.251 e. The Morgan fingerprint density at radius 1 is 1.08 bits per heavy atom. The molecule has 0 spiro atoms. The van der Waals surface area contributed by atoms with Gasteiger partial charge in [0.2, 0.25) is 5.91 Å². The number of aromatic nitrogens is 2. The molecule has 0 aromatic carbocycles. The molecule has 26 heavy (non-hydrogen) atoms. The fraction of sp³-hybridized carbons (Fsp3) is 0.737. The van der Waals surface area contributed by atoms with Gasteiger partial charge in [-0.15, -0.1) is 0 Å². The average Bonchev–Trinajstić information content (AvgIpc) is 3.47. The topological polar surface area (TPSA) is 49.3 Å². The third-order valence-electron chi connectivity index (χ3n) is 5.92. The van der Waals surface area contributed by atoms with Crippen molar-refractivity contribution < 1.29 is 13.6 Å². The Kier molecular flexibility index (Phi) is 4.80. The largest absolute Gasteiger partial charge is 0.356 e. The molecule has 1 aliphatic carbocycles. The SMILES string of the molecule is O=C(CC1CCN(c2cc(C3CC3)ncn2)CC1)N1CCC(F)(F)CC1. The monoisotopic (exact) mass is 364 g/mol. The minimum Gasteiger partial charge on any atom is -0.356 e. The molecule has 2 aliphatic heterocycles. The van der Waals surface area contributed by atoms with E-state index in [9.17, 15) is 13.6 Å². The predicted octanol–water partition coefficient (Wildman–Crippen LogP) is 3.22. The number of piperidine rings is 2. The summed E-state index contributed by atoms with van der Waals surface area (Å²) in [5.41, 5.74) is 1.15. The van der Waals surface area contributed by atoms with Crippen molar-refractivity contribution in [1.82, 2.24) is 14.9 Å². The summed E-state index contributed by atoms with van der Waals surface area (Å²) in [6.45, 7) is 2.15. The first-order valence-electron chi connectivity index (χ1n) is 9.73. The normalized spacial score (nSPS) is 23.9. The van der Waals surface area contributed by atoms with Gasteiger partial charge in [0.05, 0.1) is 0 Å². The molecule has 1 aromatic rings. The van der Waals surface area contributed by atoms with E-state index in [1.54, 1.807) is 11.2 Å². The number of halogens is 2. The lowest BCUT2D eigenvalue weighted by Gasteiger charge is -2.35. The molecule has 0 radical (unpaired) electrons. The second kappa shape index (κ2) is 7.08. The lowest BCUT2D eigenvalue weighted by atomic mass is 9.92. The zero-order valence-electron chi connectivity index (χ0n) is 15.0. The molecular formula is C19H26F2N4O. The summed E-state index contributed by atoms with van der Waals surface area (Å²) in [6, 6.07) is 2.11. The number of hydrogen-bond acceptors (Lipinski definition) is 4. The van der Waals surface area contributed by atoms with E-state index in [2.05, 4.69) is 20.9 Å². The van der Waals surface area contributed by atoms with E-state index < -0.39 is 5.92 Å². The van der Waals surface area contributed by atoms with E-state index in [0.717, 1.165) is 37.4 Å². The Morgan fingerprint density at radius 2 is 1.77 bits per heavy atom. The smallest absolute Gasteiger partial charge is 0.251 e. The van der Waals surface area contributed by atoms with E-state index >= 15 is 0 Å². The van der Waals surface area contributed by atoms with Crippen molar-refractivity contribution in [3.63, 3.8) is 0 Å². The summed E-state index contributed by atoms with van der Waals surface area (Å²) in [5.74, 6) is -0.615. The number of carbonyl (C=O) groups excluding carboxylic acids is 1. The Labute approximate surface area is 152 Å². The van der Waals surface area contributed by atoms with Crippen molar-refractivity contribution in [3.05, 3.63) is 18.1 Å². The maximum absolute atomic E-state index is 13.2. The molecule has 4 rings (SSSR count). The van der Waals surface area contributed by atoms with Crippen LogP contribution in [0, 0.1) is 5.92 Å². The van der Waals surface area contributed by atoms with Gasteiger partial charge in [0.25, 0.3) is 5.92 Å². The Morgan fingerprint density at radius 3 is 2.42 bits per heavy atom. The number of hydrogen-bond donors (Lipinski definition) is 0. The molecular weight excluding hydrogens is 338 g/mol. The van der Waals surface area contributed by atoms with Gasteiger partial charge >= 0.3 is 0 Å². The van der Waals surface area contributed by atoms with E-state index in [0.29, 0.717) is 18.3 Å². The van der Waals surface area contributed by atoms with Crippen LogP contribution < -0.4 is 4.90 Å². The molecule has 1 aromatic heterocycles. The summed E-state index contributed by atoms with van der Waals surface area (Å²) in [6.07, 6.45) is 6.08. The number of carbonyl (C=O) groups is 1. The Hall–Kier alpha value is -1.79. The molecule has 2 saturated heterocycles. The first-order chi connectivity index (χ1) is 12.5. The van der Waals surface area contributed by atoms with Crippen molar-refractivity contribution in [1.29, 1.82) is 0 Å².